The Balaban J connectivity index is 3.06. The zero-order valence-corrected chi connectivity index (χ0v) is 12.1. The maximum absolute atomic E-state index is 12.1. The predicted octanol–water partition coefficient (Wildman–Crippen LogP) is 2.13. The molecule has 2 N–H and O–H groups in total. The summed E-state index contributed by atoms with van der Waals surface area (Å²) >= 11 is 0. The number of nitro benzene ring substituents is 1. The summed E-state index contributed by atoms with van der Waals surface area (Å²) in [7, 11) is 0. The van der Waals surface area contributed by atoms with Crippen LogP contribution >= 0.6 is 0 Å². The molecule has 0 aliphatic rings. The Morgan fingerprint density at radius 2 is 2.00 bits per heavy atom. The van der Waals surface area contributed by atoms with Crippen molar-refractivity contribution >= 4 is 17.6 Å². The molecule has 7 nitrogen and oxygen atoms in total. The number of benzene rings is 1. The van der Waals surface area contributed by atoms with Crippen LogP contribution in [-0.4, -0.2) is 27.9 Å². The molecule has 0 radical (unpaired) electrons. The summed E-state index contributed by atoms with van der Waals surface area (Å²) in [5, 5.41) is 22.5. The number of carbonyl (C=O) groups excluding carboxylic acids is 1. The predicted molar refractivity (Wildman–Crippen MR) is 76.2 cm³/mol. The van der Waals surface area contributed by atoms with E-state index < -0.39 is 22.8 Å². The summed E-state index contributed by atoms with van der Waals surface area (Å²) in [6, 6.07) is 3.29. The number of rotatable bonds is 6. The van der Waals surface area contributed by atoms with Crippen molar-refractivity contribution in [3.8, 4) is 0 Å². The largest absolute Gasteiger partial charge is 0.480 e. The van der Waals surface area contributed by atoms with Crippen molar-refractivity contribution in [2.24, 2.45) is 5.92 Å². The van der Waals surface area contributed by atoms with Gasteiger partial charge in [-0.3, -0.25) is 14.9 Å². The fourth-order valence-corrected chi connectivity index (χ4v) is 2.01. The van der Waals surface area contributed by atoms with E-state index in [0.717, 1.165) is 0 Å². The van der Waals surface area contributed by atoms with Crippen molar-refractivity contribution in [1.82, 2.24) is 5.32 Å². The van der Waals surface area contributed by atoms with Crippen LogP contribution in [0, 0.1) is 23.0 Å². The molecule has 114 valence electrons. The van der Waals surface area contributed by atoms with Crippen LogP contribution in [0.15, 0.2) is 18.2 Å². The van der Waals surface area contributed by atoms with Gasteiger partial charge in [0.05, 0.1) is 4.92 Å². The first-order valence-electron chi connectivity index (χ1n) is 6.51. The van der Waals surface area contributed by atoms with Crippen LogP contribution in [0.2, 0.25) is 0 Å². The van der Waals surface area contributed by atoms with Gasteiger partial charge in [-0.1, -0.05) is 26.0 Å². The molecule has 0 aliphatic carbocycles. The lowest BCUT2D eigenvalue weighted by Gasteiger charge is -2.16. The van der Waals surface area contributed by atoms with Crippen molar-refractivity contribution in [2.45, 2.75) is 33.2 Å². The number of para-hydroxylation sites is 1. The monoisotopic (exact) mass is 294 g/mol. The van der Waals surface area contributed by atoms with E-state index in [0.29, 0.717) is 5.56 Å². The van der Waals surface area contributed by atoms with Crippen molar-refractivity contribution in [1.29, 1.82) is 0 Å². The van der Waals surface area contributed by atoms with E-state index in [1.165, 1.54) is 25.1 Å². The zero-order valence-electron chi connectivity index (χ0n) is 12.1. The molecule has 1 rings (SSSR count). The molecular formula is C14H18N2O5. The maximum atomic E-state index is 12.1. The van der Waals surface area contributed by atoms with E-state index in [1.807, 2.05) is 13.8 Å². The van der Waals surface area contributed by atoms with Gasteiger partial charge < -0.3 is 10.4 Å². The van der Waals surface area contributed by atoms with Crippen LogP contribution in [0.5, 0.6) is 0 Å². The molecule has 0 heterocycles. The van der Waals surface area contributed by atoms with E-state index in [4.69, 9.17) is 5.11 Å². The van der Waals surface area contributed by atoms with Gasteiger partial charge in [0.15, 0.2) is 0 Å². The van der Waals surface area contributed by atoms with E-state index in [2.05, 4.69) is 5.32 Å². The minimum absolute atomic E-state index is 0.0684. The van der Waals surface area contributed by atoms with Crippen molar-refractivity contribution in [3.63, 3.8) is 0 Å². The minimum Gasteiger partial charge on any atom is -0.480 e. The summed E-state index contributed by atoms with van der Waals surface area (Å²) in [6.45, 7) is 5.19. The molecule has 0 bridgehead atoms. The lowest BCUT2D eigenvalue weighted by atomic mass is 10.0. The third-order valence-corrected chi connectivity index (χ3v) is 2.98. The zero-order chi connectivity index (χ0) is 16.2. The standard InChI is InChI=1S/C14H18N2O5/c1-8(2)7-11(14(18)19)15-13(17)10-6-4-5-9(3)12(10)16(20)21/h4-6,8,11H,7H2,1-3H3,(H,15,17)(H,18,19)/t11-/m0/s1. The molecule has 0 saturated heterocycles. The lowest BCUT2D eigenvalue weighted by molar-refractivity contribution is -0.385. The second-order valence-corrected chi connectivity index (χ2v) is 5.22. The highest BCUT2D eigenvalue weighted by atomic mass is 16.6. The third-order valence-electron chi connectivity index (χ3n) is 2.98. The summed E-state index contributed by atoms with van der Waals surface area (Å²) < 4.78 is 0. The fraction of sp³-hybridized carbons (Fsp3) is 0.429. The molecule has 0 aromatic heterocycles. The number of carbonyl (C=O) groups is 2. The van der Waals surface area contributed by atoms with Gasteiger partial charge in [0.2, 0.25) is 0 Å². The number of amides is 1. The third kappa shape index (κ3) is 4.27. The number of nitro groups is 1. The molecule has 1 aromatic rings. The normalized spacial score (nSPS) is 12.0. The molecule has 0 spiro atoms. The number of carboxylic acid groups (broad SMARTS) is 1. The summed E-state index contributed by atoms with van der Waals surface area (Å²) in [5.41, 5.74) is -0.0814. The average Bonchev–Trinajstić information content (AvgIpc) is 2.36. The number of hydrogen-bond acceptors (Lipinski definition) is 4. The molecule has 0 unspecified atom stereocenters. The lowest BCUT2D eigenvalue weighted by Crippen LogP contribution is -2.41. The van der Waals surface area contributed by atoms with Gasteiger partial charge in [0, 0.05) is 5.56 Å². The van der Waals surface area contributed by atoms with Gasteiger partial charge in [-0.15, -0.1) is 0 Å². The number of nitrogens with one attached hydrogen (secondary N) is 1. The van der Waals surface area contributed by atoms with E-state index in [-0.39, 0.29) is 23.6 Å². The molecule has 0 aliphatic heterocycles. The molecular weight excluding hydrogens is 276 g/mol. The maximum Gasteiger partial charge on any atom is 0.326 e. The second-order valence-electron chi connectivity index (χ2n) is 5.22. The van der Waals surface area contributed by atoms with Gasteiger partial charge in [-0.2, -0.15) is 0 Å². The van der Waals surface area contributed by atoms with Gasteiger partial charge >= 0.3 is 5.97 Å². The molecule has 1 amide bonds. The Morgan fingerprint density at radius 3 is 2.48 bits per heavy atom. The van der Waals surface area contributed by atoms with Crippen molar-refractivity contribution in [2.75, 3.05) is 0 Å². The van der Waals surface area contributed by atoms with Gasteiger partial charge in [-0.25, -0.2) is 4.79 Å². The minimum atomic E-state index is -1.16. The van der Waals surface area contributed by atoms with E-state index in [1.54, 1.807) is 0 Å². The fourth-order valence-electron chi connectivity index (χ4n) is 2.01. The molecule has 1 atom stereocenters. The van der Waals surface area contributed by atoms with Crippen LogP contribution in [0.4, 0.5) is 5.69 Å². The quantitative estimate of drug-likeness (QED) is 0.617. The van der Waals surface area contributed by atoms with Crippen LogP contribution in [0.1, 0.15) is 36.2 Å². The number of hydrogen-bond donors (Lipinski definition) is 2. The highest BCUT2D eigenvalue weighted by Crippen LogP contribution is 2.23. The highest BCUT2D eigenvalue weighted by Gasteiger charge is 2.27. The average molecular weight is 294 g/mol. The first-order valence-corrected chi connectivity index (χ1v) is 6.51. The molecule has 1 aromatic carbocycles. The smallest absolute Gasteiger partial charge is 0.326 e. The molecule has 0 saturated carbocycles. The molecule has 0 fully saturated rings. The summed E-state index contributed by atoms with van der Waals surface area (Å²) in [5.74, 6) is -1.84. The summed E-state index contributed by atoms with van der Waals surface area (Å²) in [6.07, 6.45) is 0.251. The number of aliphatic carboxylic acids is 1. The Hall–Kier alpha value is -2.44. The van der Waals surface area contributed by atoms with Gasteiger partial charge in [-0.05, 0) is 25.3 Å². The second kappa shape index (κ2) is 6.83. The van der Waals surface area contributed by atoms with Crippen LogP contribution in [-0.2, 0) is 4.79 Å². The first kappa shape index (κ1) is 16.6. The van der Waals surface area contributed by atoms with Crippen LogP contribution in [0.3, 0.4) is 0 Å². The van der Waals surface area contributed by atoms with Crippen LogP contribution in [0.25, 0.3) is 0 Å². The topological polar surface area (TPSA) is 110 Å². The number of aryl methyl sites for hydroxylation is 1. The van der Waals surface area contributed by atoms with Crippen LogP contribution < -0.4 is 5.32 Å². The van der Waals surface area contributed by atoms with E-state index in [9.17, 15) is 19.7 Å². The molecule has 7 heteroatoms. The Morgan fingerprint density at radius 1 is 1.38 bits per heavy atom. The number of nitrogens with zero attached hydrogens (tertiary/aromatic N) is 1. The Kier molecular flexibility index (Phi) is 5.40. The first-order chi connectivity index (χ1) is 9.73. The van der Waals surface area contributed by atoms with Crippen molar-refractivity contribution in [3.05, 3.63) is 39.4 Å². The highest BCUT2D eigenvalue weighted by molar-refractivity contribution is 6.00. The Bertz CT molecular complexity index is 568. The number of carboxylic acids is 1. The molecule has 21 heavy (non-hydrogen) atoms. The van der Waals surface area contributed by atoms with E-state index >= 15 is 0 Å². The van der Waals surface area contributed by atoms with Gasteiger partial charge in [0.1, 0.15) is 11.6 Å². The summed E-state index contributed by atoms with van der Waals surface area (Å²) in [4.78, 5) is 33.7. The Labute approximate surface area is 122 Å². The van der Waals surface area contributed by atoms with Gasteiger partial charge in [0.25, 0.3) is 11.6 Å². The van der Waals surface area contributed by atoms with Crippen molar-refractivity contribution < 1.29 is 19.6 Å². The SMILES string of the molecule is Cc1cccc(C(=O)N[C@@H](CC(C)C)C(=O)O)c1[N+](=O)[O-].